The first-order valence-electron chi connectivity index (χ1n) is 7.34. The molecule has 1 heterocycles. The number of sulfone groups is 1. The van der Waals surface area contributed by atoms with Crippen LogP contribution in [0.3, 0.4) is 0 Å². The second-order valence-electron chi connectivity index (χ2n) is 5.60. The first kappa shape index (κ1) is 15.7. The van der Waals surface area contributed by atoms with Gasteiger partial charge in [-0.25, -0.2) is 12.8 Å². The maximum Gasteiger partial charge on any atom is 0.228 e. The van der Waals surface area contributed by atoms with Gasteiger partial charge in [0, 0.05) is 5.69 Å². The van der Waals surface area contributed by atoms with E-state index in [1.807, 2.05) is 0 Å². The molecular formula is C17H16FNO3S. The van der Waals surface area contributed by atoms with E-state index in [0.717, 1.165) is 5.56 Å². The average molecular weight is 333 g/mol. The van der Waals surface area contributed by atoms with E-state index in [1.54, 1.807) is 30.3 Å². The van der Waals surface area contributed by atoms with Crippen LogP contribution >= 0.6 is 0 Å². The van der Waals surface area contributed by atoms with E-state index in [-0.39, 0.29) is 23.9 Å². The van der Waals surface area contributed by atoms with Gasteiger partial charge in [0.05, 0.1) is 17.1 Å². The minimum atomic E-state index is -3.19. The third-order valence-electron chi connectivity index (χ3n) is 3.82. The van der Waals surface area contributed by atoms with E-state index < -0.39 is 9.84 Å². The molecule has 0 saturated heterocycles. The van der Waals surface area contributed by atoms with Crippen LogP contribution in [0.4, 0.5) is 10.1 Å². The quantitative estimate of drug-likeness (QED) is 0.939. The van der Waals surface area contributed by atoms with Crippen LogP contribution in [0.2, 0.25) is 0 Å². The molecule has 6 heteroatoms. The number of rotatable bonds is 3. The third-order valence-corrected chi connectivity index (χ3v) is 5.71. The number of fused-ring (bicyclic) bond motifs is 1. The van der Waals surface area contributed by atoms with Gasteiger partial charge in [-0.15, -0.1) is 0 Å². The summed E-state index contributed by atoms with van der Waals surface area (Å²) in [6, 6.07) is 10.6. The lowest BCUT2D eigenvalue weighted by Gasteiger charge is -2.17. The summed E-state index contributed by atoms with van der Waals surface area (Å²) >= 11 is 0. The summed E-state index contributed by atoms with van der Waals surface area (Å²) in [5, 5.41) is 2.75. The maximum absolute atomic E-state index is 12.8. The van der Waals surface area contributed by atoms with Crippen molar-refractivity contribution in [1.82, 2.24) is 0 Å². The van der Waals surface area contributed by atoms with Gasteiger partial charge >= 0.3 is 0 Å². The number of hydrogen-bond acceptors (Lipinski definition) is 3. The molecule has 1 aliphatic heterocycles. The highest BCUT2D eigenvalue weighted by Crippen LogP contribution is 2.27. The van der Waals surface area contributed by atoms with Gasteiger partial charge in [-0.2, -0.15) is 0 Å². The van der Waals surface area contributed by atoms with Crippen molar-refractivity contribution in [3.63, 3.8) is 0 Å². The minimum absolute atomic E-state index is 0.135. The van der Waals surface area contributed by atoms with Crippen molar-refractivity contribution in [2.75, 3.05) is 11.1 Å². The topological polar surface area (TPSA) is 63.2 Å². The molecule has 1 N–H and O–H groups in total. The van der Waals surface area contributed by atoms with Crippen LogP contribution in [0, 0.1) is 5.82 Å². The van der Waals surface area contributed by atoms with E-state index in [1.165, 1.54) is 12.1 Å². The summed E-state index contributed by atoms with van der Waals surface area (Å²) < 4.78 is 36.8. The molecule has 2 aromatic rings. The lowest BCUT2D eigenvalue weighted by atomic mass is 10.1. The van der Waals surface area contributed by atoms with E-state index in [0.29, 0.717) is 29.0 Å². The maximum atomic E-state index is 12.8. The van der Waals surface area contributed by atoms with Gasteiger partial charge in [0.15, 0.2) is 9.84 Å². The lowest BCUT2D eigenvalue weighted by molar-refractivity contribution is -0.115. The Morgan fingerprint density at radius 2 is 1.87 bits per heavy atom. The predicted molar refractivity (Wildman–Crippen MR) is 85.5 cm³/mol. The van der Waals surface area contributed by atoms with E-state index >= 15 is 0 Å². The monoisotopic (exact) mass is 333 g/mol. The number of hydrogen-bond donors (Lipinski definition) is 1. The minimum Gasteiger partial charge on any atom is -0.326 e. The van der Waals surface area contributed by atoms with Crippen molar-refractivity contribution in [1.29, 1.82) is 0 Å². The van der Waals surface area contributed by atoms with Crippen LogP contribution in [0.1, 0.15) is 17.5 Å². The van der Waals surface area contributed by atoms with Gasteiger partial charge in [-0.05, 0) is 54.3 Å². The van der Waals surface area contributed by atoms with Gasteiger partial charge in [0.2, 0.25) is 5.91 Å². The summed E-state index contributed by atoms with van der Waals surface area (Å²) in [5.74, 6) is -0.392. The first-order valence-corrected chi connectivity index (χ1v) is 8.99. The Kier molecular flexibility index (Phi) is 4.17. The summed E-state index contributed by atoms with van der Waals surface area (Å²) in [5.41, 5.74) is 2.04. The molecule has 1 aliphatic rings. The molecule has 120 valence electrons. The zero-order chi connectivity index (χ0) is 16.4. The summed E-state index contributed by atoms with van der Waals surface area (Å²) in [7, 11) is -3.19. The summed E-state index contributed by atoms with van der Waals surface area (Å²) in [4.78, 5) is 12.4. The molecule has 0 aliphatic carbocycles. The first-order chi connectivity index (χ1) is 10.9. The number of nitrogens with one attached hydrogen (secondary N) is 1. The number of anilines is 1. The Balaban J connectivity index is 1.73. The van der Waals surface area contributed by atoms with Crippen molar-refractivity contribution in [2.45, 2.75) is 24.2 Å². The molecular weight excluding hydrogens is 317 g/mol. The van der Waals surface area contributed by atoms with Gasteiger partial charge in [0.1, 0.15) is 5.82 Å². The van der Waals surface area contributed by atoms with Gasteiger partial charge in [0.25, 0.3) is 0 Å². The smallest absolute Gasteiger partial charge is 0.228 e. The molecule has 0 aromatic heterocycles. The number of carbonyl (C=O) groups excluding carboxylic acids is 1. The molecule has 0 atom stereocenters. The fraction of sp³-hybridized carbons (Fsp3) is 0.235. The fourth-order valence-electron chi connectivity index (χ4n) is 2.71. The molecule has 23 heavy (non-hydrogen) atoms. The van der Waals surface area contributed by atoms with E-state index in [4.69, 9.17) is 0 Å². The largest absolute Gasteiger partial charge is 0.326 e. The highest BCUT2D eigenvalue weighted by atomic mass is 32.2. The summed E-state index contributed by atoms with van der Waals surface area (Å²) in [6.45, 7) is 0. The second kappa shape index (κ2) is 6.12. The van der Waals surface area contributed by atoms with Crippen molar-refractivity contribution in [2.24, 2.45) is 0 Å². The average Bonchev–Trinajstić information content (AvgIpc) is 2.49. The van der Waals surface area contributed by atoms with Crippen LogP contribution in [-0.4, -0.2) is 20.1 Å². The Labute approximate surface area is 134 Å². The number of amides is 1. The molecule has 3 rings (SSSR count). The van der Waals surface area contributed by atoms with Crippen LogP contribution in [0.15, 0.2) is 47.4 Å². The number of carbonyl (C=O) groups is 1. The Hall–Kier alpha value is -2.21. The lowest BCUT2D eigenvalue weighted by Crippen LogP contribution is -2.18. The molecule has 0 bridgehead atoms. The highest BCUT2D eigenvalue weighted by Gasteiger charge is 2.23. The number of halogens is 1. The Morgan fingerprint density at radius 1 is 1.13 bits per heavy atom. The summed E-state index contributed by atoms with van der Waals surface area (Å²) in [6.07, 6.45) is 1.42. The van der Waals surface area contributed by atoms with Crippen molar-refractivity contribution in [3.8, 4) is 0 Å². The van der Waals surface area contributed by atoms with Gasteiger partial charge < -0.3 is 5.32 Å². The normalized spacial score (nSPS) is 15.7. The van der Waals surface area contributed by atoms with Gasteiger partial charge in [-0.1, -0.05) is 12.1 Å². The molecule has 0 unspecified atom stereocenters. The predicted octanol–water partition coefficient (Wildman–Crippen LogP) is 2.73. The molecule has 4 nitrogen and oxygen atoms in total. The zero-order valence-electron chi connectivity index (χ0n) is 12.4. The molecule has 2 aromatic carbocycles. The Bertz CT molecular complexity index is 845. The third kappa shape index (κ3) is 3.59. The van der Waals surface area contributed by atoms with Crippen molar-refractivity contribution in [3.05, 3.63) is 59.4 Å². The highest BCUT2D eigenvalue weighted by molar-refractivity contribution is 7.91. The molecule has 0 radical (unpaired) electrons. The number of benzene rings is 2. The van der Waals surface area contributed by atoms with E-state index in [9.17, 15) is 17.6 Å². The van der Waals surface area contributed by atoms with Crippen LogP contribution < -0.4 is 5.32 Å². The molecule has 1 amide bonds. The second-order valence-corrected chi connectivity index (χ2v) is 7.67. The molecule has 0 saturated carbocycles. The van der Waals surface area contributed by atoms with Crippen molar-refractivity contribution < 1.29 is 17.6 Å². The SMILES string of the molecule is O=C(Cc1ccc(F)cc1)Nc1ccc2c(c1)CCCS2(=O)=O. The fourth-order valence-corrected chi connectivity index (χ4v) is 4.29. The van der Waals surface area contributed by atoms with Crippen LogP contribution in [0.25, 0.3) is 0 Å². The molecule has 0 fully saturated rings. The van der Waals surface area contributed by atoms with E-state index in [2.05, 4.69) is 5.32 Å². The van der Waals surface area contributed by atoms with Crippen LogP contribution in [0.5, 0.6) is 0 Å². The Morgan fingerprint density at radius 3 is 2.61 bits per heavy atom. The molecule has 0 spiro atoms. The van der Waals surface area contributed by atoms with Crippen LogP contribution in [-0.2, 0) is 27.5 Å². The zero-order valence-corrected chi connectivity index (χ0v) is 13.2. The van der Waals surface area contributed by atoms with Gasteiger partial charge in [-0.3, -0.25) is 4.79 Å². The standard InChI is InChI=1S/C17H16FNO3S/c18-14-5-3-12(4-6-14)10-17(20)19-15-7-8-16-13(11-15)2-1-9-23(16,21)22/h3-8,11H,1-2,9-10H2,(H,19,20). The number of aryl methyl sites for hydroxylation is 1. The van der Waals surface area contributed by atoms with Crippen molar-refractivity contribution >= 4 is 21.4 Å².